The highest BCUT2D eigenvalue weighted by molar-refractivity contribution is 6.33. The van der Waals surface area contributed by atoms with E-state index in [0.717, 1.165) is 49.2 Å². The number of nitrogens with zero attached hydrogens (tertiary/aromatic N) is 4. The largest absolute Gasteiger partial charge is 0.340 e. The molecule has 3 aliphatic rings. The lowest BCUT2D eigenvalue weighted by atomic mass is 9.89. The molecule has 2 aromatic heterocycles. The van der Waals surface area contributed by atoms with Gasteiger partial charge in [0.25, 0.3) is 0 Å². The molecule has 8 nitrogen and oxygen atoms in total. The van der Waals surface area contributed by atoms with Gasteiger partial charge in [-0.05, 0) is 42.6 Å². The third-order valence-corrected chi connectivity index (χ3v) is 7.48. The molecule has 5 rings (SSSR count). The van der Waals surface area contributed by atoms with Crippen molar-refractivity contribution >= 4 is 29.4 Å². The van der Waals surface area contributed by atoms with Gasteiger partial charge in [-0.2, -0.15) is 5.10 Å². The average Bonchev–Trinajstić information content (AvgIpc) is 3.47. The first-order valence-electron chi connectivity index (χ1n) is 11.2. The molecule has 0 aromatic carbocycles. The fourth-order valence-electron chi connectivity index (χ4n) is 5.67. The summed E-state index contributed by atoms with van der Waals surface area (Å²) >= 11 is 6.46. The molecule has 0 radical (unpaired) electrons. The summed E-state index contributed by atoms with van der Waals surface area (Å²) in [7, 11) is 0. The predicted molar refractivity (Wildman–Crippen MR) is 122 cm³/mol. The van der Waals surface area contributed by atoms with Gasteiger partial charge in [0.2, 0.25) is 5.91 Å². The SMILES string of the molecule is CC(=O)N1C[C@@H]2C[C@@H]1C[C@@H]2CNC(=O)Nc1cc(-c2cnn3c2CC(C)(C)C3)c(Cl)cn1. The fraction of sp³-hybridized carbons (Fsp3) is 0.565. The van der Waals surface area contributed by atoms with Crippen molar-refractivity contribution in [2.75, 3.05) is 18.4 Å². The summed E-state index contributed by atoms with van der Waals surface area (Å²) in [6.07, 6.45) is 6.34. The quantitative estimate of drug-likeness (QED) is 0.735. The summed E-state index contributed by atoms with van der Waals surface area (Å²) < 4.78 is 2.04. The van der Waals surface area contributed by atoms with Crippen molar-refractivity contribution in [2.24, 2.45) is 17.3 Å². The van der Waals surface area contributed by atoms with Gasteiger partial charge in [-0.1, -0.05) is 25.4 Å². The molecule has 2 aromatic rings. The van der Waals surface area contributed by atoms with Gasteiger partial charge in [-0.15, -0.1) is 0 Å². The Morgan fingerprint density at radius 1 is 1.25 bits per heavy atom. The number of piperidine rings is 1. The Hall–Kier alpha value is -2.61. The zero-order chi connectivity index (χ0) is 22.6. The molecule has 170 valence electrons. The summed E-state index contributed by atoms with van der Waals surface area (Å²) in [5.41, 5.74) is 3.14. The minimum Gasteiger partial charge on any atom is -0.340 e. The molecule has 32 heavy (non-hydrogen) atoms. The molecule has 2 fully saturated rings. The van der Waals surface area contributed by atoms with Crippen molar-refractivity contribution in [3.8, 4) is 11.1 Å². The maximum absolute atomic E-state index is 12.5. The van der Waals surface area contributed by atoms with Crippen molar-refractivity contribution in [2.45, 2.75) is 52.6 Å². The molecule has 3 amide bonds. The summed E-state index contributed by atoms with van der Waals surface area (Å²) in [5, 5.41) is 10.9. The van der Waals surface area contributed by atoms with E-state index in [1.54, 1.807) is 13.1 Å². The zero-order valence-electron chi connectivity index (χ0n) is 18.7. The third kappa shape index (κ3) is 3.85. The van der Waals surface area contributed by atoms with Crippen LogP contribution in [0.15, 0.2) is 18.5 Å². The first-order chi connectivity index (χ1) is 15.2. The molecule has 0 spiro atoms. The Bertz CT molecular complexity index is 1080. The Labute approximate surface area is 192 Å². The molecule has 1 aliphatic carbocycles. The number of aromatic nitrogens is 3. The number of nitrogens with one attached hydrogen (secondary N) is 2. The Kier molecular flexibility index (Phi) is 5.15. The number of halogens is 1. The number of amides is 3. The van der Waals surface area contributed by atoms with E-state index in [9.17, 15) is 9.59 Å². The minimum absolute atomic E-state index is 0.152. The number of hydrogen-bond acceptors (Lipinski definition) is 4. The third-order valence-electron chi connectivity index (χ3n) is 7.18. The van der Waals surface area contributed by atoms with Gasteiger partial charge in [0.1, 0.15) is 5.82 Å². The van der Waals surface area contributed by atoms with E-state index in [1.807, 2.05) is 21.8 Å². The standard InChI is InChI=1S/C23H29ClN6O2/c1-13(31)29-11-15-5-16(29)4-14(15)8-26-22(32)28-21-6-17(19(24)10-25-21)18-9-27-30-12-23(2,3)7-20(18)30/h6,9-10,14-16H,4-5,7-8,11-12H2,1-3H3,(H2,25,26,28,32)/t14-,15+,16+/m1/s1. The predicted octanol–water partition coefficient (Wildman–Crippen LogP) is 3.56. The maximum atomic E-state index is 12.5. The second kappa shape index (κ2) is 7.76. The second-order valence-corrected chi connectivity index (χ2v) is 10.6. The highest BCUT2D eigenvalue weighted by atomic mass is 35.5. The van der Waals surface area contributed by atoms with Crippen LogP contribution in [-0.4, -0.2) is 50.7 Å². The first kappa shape index (κ1) is 21.2. The van der Waals surface area contributed by atoms with E-state index in [0.29, 0.717) is 35.3 Å². The van der Waals surface area contributed by atoms with E-state index in [1.165, 1.54) is 0 Å². The van der Waals surface area contributed by atoms with Crippen molar-refractivity contribution in [1.82, 2.24) is 25.0 Å². The fourth-order valence-corrected chi connectivity index (χ4v) is 5.87. The van der Waals surface area contributed by atoms with Crippen LogP contribution in [0.4, 0.5) is 10.6 Å². The molecular formula is C23H29ClN6O2. The second-order valence-electron chi connectivity index (χ2n) is 10.2. The smallest absolute Gasteiger partial charge is 0.320 e. The topological polar surface area (TPSA) is 92.2 Å². The highest BCUT2D eigenvalue weighted by Crippen LogP contribution is 2.42. The highest BCUT2D eigenvalue weighted by Gasteiger charge is 2.45. The van der Waals surface area contributed by atoms with Gasteiger partial charge < -0.3 is 10.2 Å². The Morgan fingerprint density at radius 3 is 2.78 bits per heavy atom. The van der Waals surface area contributed by atoms with Crippen molar-refractivity contribution < 1.29 is 9.59 Å². The van der Waals surface area contributed by atoms with Gasteiger partial charge in [-0.25, -0.2) is 9.78 Å². The average molecular weight is 457 g/mol. The number of pyridine rings is 1. The minimum atomic E-state index is -0.279. The zero-order valence-corrected chi connectivity index (χ0v) is 19.4. The summed E-state index contributed by atoms with van der Waals surface area (Å²) in [5.74, 6) is 1.49. The van der Waals surface area contributed by atoms with Gasteiger partial charge >= 0.3 is 6.03 Å². The number of hydrogen-bond donors (Lipinski definition) is 2. The lowest BCUT2D eigenvalue weighted by Crippen LogP contribution is -2.42. The molecule has 9 heteroatoms. The number of carbonyl (C=O) groups excluding carboxylic acids is 2. The van der Waals surface area contributed by atoms with Crippen LogP contribution in [0.2, 0.25) is 5.02 Å². The van der Waals surface area contributed by atoms with Crippen LogP contribution >= 0.6 is 11.6 Å². The van der Waals surface area contributed by atoms with E-state index in [2.05, 4.69) is 34.6 Å². The molecule has 3 atom stereocenters. The molecule has 0 unspecified atom stereocenters. The number of anilines is 1. The van der Waals surface area contributed by atoms with Gasteiger partial charge in [0, 0.05) is 55.6 Å². The van der Waals surface area contributed by atoms with Gasteiger partial charge in [0.15, 0.2) is 0 Å². The molecule has 4 heterocycles. The normalized spacial score (nSPS) is 25.1. The monoisotopic (exact) mass is 456 g/mol. The number of fused-ring (bicyclic) bond motifs is 3. The van der Waals surface area contributed by atoms with Crippen LogP contribution in [0.5, 0.6) is 0 Å². The van der Waals surface area contributed by atoms with Crippen LogP contribution in [0.1, 0.15) is 39.3 Å². The van der Waals surface area contributed by atoms with Crippen LogP contribution in [0.25, 0.3) is 11.1 Å². The summed E-state index contributed by atoms with van der Waals surface area (Å²) in [4.78, 5) is 30.4. The Balaban J connectivity index is 1.22. The van der Waals surface area contributed by atoms with Gasteiger partial charge in [0.05, 0.1) is 11.2 Å². The van der Waals surface area contributed by atoms with Gasteiger partial charge in [-0.3, -0.25) is 14.8 Å². The van der Waals surface area contributed by atoms with Crippen LogP contribution in [0.3, 0.4) is 0 Å². The lowest BCUT2D eigenvalue weighted by Gasteiger charge is -2.30. The molecule has 1 saturated carbocycles. The van der Waals surface area contributed by atoms with E-state index < -0.39 is 0 Å². The molecule has 2 bridgehead atoms. The molecule has 1 saturated heterocycles. The Morgan fingerprint density at radius 2 is 2.06 bits per heavy atom. The number of urea groups is 1. The summed E-state index contributed by atoms with van der Waals surface area (Å²) in [6, 6.07) is 1.86. The van der Waals surface area contributed by atoms with Crippen LogP contribution in [-0.2, 0) is 17.8 Å². The van der Waals surface area contributed by atoms with Crippen LogP contribution < -0.4 is 10.6 Å². The van der Waals surface area contributed by atoms with Crippen LogP contribution in [0, 0.1) is 17.3 Å². The van der Waals surface area contributed by atoms with Crippen molar-refractivity contribution in [1.29, 1.82) is 0 Å². The first-order valence-corrected chi connectivity index (χ1v) is 11.6. The summed E-state index contributed by atoms with van der Waals surface area (Å²) in [6.45, 7) is 8.38. The molecule has 2 aliphatic heterocycles. The van der Waals surface area contributed by atoms with Crippen molar-refractivity contribution in [3.63, 3.8) is 0 Å². The number of carbonyl (C=O) groups is 2. The maximum Gasteiger partial charge on any atom is 0.320 e. The van der Waals surface area contributed by atoms with E-state index in [-0.39, 0.29) is 17.4 Å². The van der Waals surface area contributed by atoms with E-state index in [4.69, 9.17) is 11.6 Å². The van der Waals surface area contributed by atoms with Crippen molar-refractivity contribution in [3.05, 3.63) is 29.2 Å². The number of likely N-dealkylation sites (tertiary alicyclic amines) is 1. The molecular weight excluding hydrogens is 428 g/mol. The molecule has 2 N–H and O–H groups in total. The lowest BCUT2D eigenvalue weighted by molar-refractivity contribution is -0.130. The number of rotatable bonds is 4. The van der Waals surface area contributed by atoms with E-state index >= 15 is 0 Å².